The number of nitrogens with one attached hydrogen (secondary N) is 2. The molecule has 0 aromatic heterocycles. The fourth-order valence-electron chi connectivity index (χ4n) is 12.2. The molecule has 0 unspecified atom stereocenters. The van der Waals surface area contributed by atoms with E-state index in [0.29, 0.717) is 50.9 Å². The van der Waals surface area contributed by atoms with Crippen LogP contribution in [0.4, 0.5) is 4.79 Å². The predicted molar refractivity (Wildman–Crippen MR) is 236 cm³/mol. The van der Waals surface area contributed by atoms with Gasteiger partial charge in [0, 0.05) is 32.5 Å². The second-order valence-corrected chi connectivity index (χ2v) is 20.1. The van der Waals surface area contributed by atoms with Gasteiger partial charge in [-0.2, -0.15) is 0 Å². The van der Waals surface area contributed by atoms with E-state index in [1.165, 1.54) is 102 Å². The Labute approximate surface area is 349 Å². The topological polar surface area (TPSA) is 114 Å². The molecule has 0 radical (unpaired) electrons. The molecular weight excluding hydrogens is 709 g/mol. The Bertz CT molecular complexity index is 1250. The van der Waals surface area contributed by atoms with Crippen molar-refractivity contribution in [2.75, 3.05) is 32.7 Å². The van der Waals surface area contributed by atoms with Crippen molar-refractivity contribution in [1.82, 2.24) is 15.5 Å². The van der Waals surface area contributed by atoms with E-state index in [1.807, 2.05) is 0 Å². The summed E-state index contributed by atoms with van der Waals surface area (Å²) in [6.07, 6.45) is 29.8. The lowest BCUT2D eigenvalue weighted by atomic mass is 9.47. The molecule has 4 rings (SSSR count). The van der Waals surface area contributed by atoms with Gasteiger partial charge in [0.25, 0.3) is 0 Å². The van der Waals surface area contributed by atoms with E-state index in [4.69, 9.17) is 10.5 Å². The molecule has 4 aliphatic rings. The van der Waals surface area contributed by atoms with Crippen LogP contribution in [0.2, 0.25) is 0 Å². The Kier molecular flexibility index (Phi) is 20.2. The van der Waals surface area contributed by atoms with Crippen LogP contribution in [0, 0.1) is 46.3 Å². The zero-order valence-electron chi connectivity index (χ0n) is 37.8. The Morgan fingerprint density at radius 3 is 2.23 bits per heavy atom. The van der Waals surface area contributed by atoms with E-state index in [-0.39, 0.29) is 36.0 Å². The summed E-state index contributed by atoms with van der Waals surface area (Å²) < 4.78 is 6.04. The van der Waals surface area contributed by atoms with E-state index >= 15 is 0 Å². The molecule has 8 heteroatoms. The van der Waals surface area contributed by atoms with Gasteiger partial charge < -0.3 is 26.0 Å². The van der Waals surface area contributed by atoms with Gasteiger partial charge in [0.1, 0.15) is 6.10 Å². The van der Waals surface area contributed by atoms with Gasteiger partial charge in [0.05, 0.1) is 6.54 Å². The van der Waals surface area contributed by atoms with Gasteiger partial charge >= 0.3 is 6.09 Å². The summed E-state index contributed by atoms with van der Waals surface area (Å²) >= 11 is 0. The van der Waals surface area contributed by atoms with Crippen LogP contribution in [0.25, 0.3) is 0 Å². The molecule has 4 N–H and O–H groups in total. The highest BCUT2D eigenvalue weighted by Crippen LogP contribution is 2.67. The molecule has 0 spiro atoms. The standard InChI is InChI=1S/C49H88N4O4/c1-7-8-9-10-11-12-13-14-15-16-22-46(55)53(36-45(54)51-32-18-31-50)34-19-33-52-47(56)57-40-27-29-48(5)39(35-40)23-24-41-43-26-25-42(38(4)21-17-20-37(2)3)49(43,6)30-28-44(41)48/h23,37-38,40-44H,7-22,24-36,50H2,1-6H3,(H,51,54)(H,52,56)/t38-,40+,41+,42-,43+,44+,48+,49-/m1/s1. The lowest BCUT2D eigenvalue weighted by molar-refractivity contribution is -0.136. The average Bonchev–Trinajstić information content (AvgIpc) is 3.54. The zero-order chi connectivity index (χ0) is 41.3. The van der Waals surface area contributed by atoms with Crippen LogP contribution < -0.4 is 16.4 Å². The first-order valence-corrected chi connectivity index (χ1v) is 24.3. The number of hydrogen-bond donors (Lipinski definition) is 3. The molecule has 3 amide bonds. The van der Waals surface area contributed by atoms with Crippen molar-refractivity contribution in [3.8, 4) is 0 Å². The van der Waals surface area contributed by atoms with Crippen molar-refractivity contribution in [1.29, 1.82) is 0 Å². The maximum Gasteiger partial charge on any atom is 0.407 e. The molecule has 3 saturated carbocycles. The van der Waals surface area contributed by atoms with Crippen molar-refractivity contribution in [2.24, 2.45) is 52.1 Å². The van der Waals surface area contributed by atoms with E-state index in [0.717, 1.165) is 74.0 Å². The molecular formula is C49H88N4O4. The number of alkyl carbamates (subject to hydrolysis) is 1. The molecule has 0 aromatic rings. The number of carbonyl (C=O) groups is 3. The number of ether oxygens (including phenoxy) is 1. The monoisotopic (exact) mass is 797 g/mol. The highest BCUT2D eigenvalue weighted by Gasteiger charge is 2.59. The van der Waals surface area contributed by atoms with Gasteiger partial charge in [0.2, 0.25) is 11.8 Å². The fourth-order valence-corrected chi connectivity index (χ4v) is 12.2. The van der Waals surface area contributed by atoms with Crippen molar-refractivity contribution < 1.29 is 19.1 Å². The van der Waals surface area contributed by atoms with E-state index in [2.05, 4.69) is 58.3 Å². The Morgan fingerprint density at radius 2 is 1.53 bits per heavy atom. The molecule has 0 bridgehead atoms. The lowest BCUT2D eigenvalue weighted by Gasteiger charge is -2.58. The number of nitrogens with zero attached hydrogens (tertiary/aromatic N) is 1. The first kappa shape index (κ1) is 47.6. The fraction of sp³-hybridized carbons (Fsp3) is 0.898. The van der Waals surface area contributed by atoms with Gasteiger partial charge in [0.15, 0.2) is 0 Å². The van der Waals surface area contributed by atoms with E-state index in [9.17, 15) is 14.4 Å². The normalized spacial score (nSPS) is 28.5. The minimum atomic E-state index is -0.367. The number of nitrogens with two attached hydrogens (primary N) is 1. The van der Waals surface area contributed by atoms with Gasteiger partial charge in [-0.3, -0.25) is 9.59 Å². The summed E-state index contributed by atoms with van der Waals surface area (Å²) in [7, 11) is 0. The third-order valence-corrected chi connectivity index (χ3v) is 15.5. The third-order valence-electron chi connectivity index (χ3n) is 15.5. The molecule has 4 aliphatic carbocycles. The molecule has 3 fully saturated rings. The smallest absolute Gasteiger partial charge is 0.407 e. The minimum absolute atomic E-state index is 0.0152. The van der Waals surface area contributed by atoms with Crippen LogP contribution >= 0.6 is 0 Å². The van der Waals surface area contributed by atoms with Crippen LogP contribution in [0.15, 0.2) is 11.6 Å². The van der Waals surface area contributed by atoms with E-state index in [1.54, 1.807) is 4.90 Å². The first-order chi connectivity index (χ1) is 27.4. The van der Waals surface area contributed by atoms with Crippen LogP contribution in [0.1, 0.15) is 196 Å². The molecule has 57 heavy (non-hydrogen) atoms. The lowest BCUT2D eigenvalue weighted by Crippen LogP contribution is -2.51. The quantitative estimate of drug-likeness (QED) is 0.0596. The number of hydrogen-bond acceptors (Lipinski definition) is 5. The van der Waals surface area contributed by atoms with Crippen molar-refractivity contribution in [3.63, 3.8) is 0 Å². The van der Waals surface area contributed by atoms with E-state index < -0.39 is 0 Å². The van der Waals surface area contributed by atoms with Crippen LogP contribution in [-0.2, 0) is 14.3 Å². The second kappa shape index (κ2) is 24.2. The van der Waals surface area contributed by atoms with Crippen molar-refractivity contribution >= 4 is 17.9 Å². The SMILES string of the molecule is CCCCCCCCCCCCC(=O)N(CCCNC(=O)O[C@H]1CC[C@@]2(C)C(=CC[C@H]3[C@@H]4CC[C@H]([C@H](C)CCCC(C)C)[C@@]4(C)CC[C@@H]32)C1)CC(=O)NCCCN. The highest BCUT2D eigenvalue weighted by molar-refractivity contribution is 5.84. The van der Waals surface area contributed by atoms with Gasteiger partial charge in [-0.25, -0.2) is 4.79 Å². The van der Waals surface area contributed by atoms with Gasteiger partial charge in [-0.1, -0.05) is 130 Å². The summed E-state index contributed by atoms with van der Waals surface area (Å²) in [5, 5.41) is 5.85. The molecule has 328 valence electrons. The Hall–Kier alpha value is -2.09. The molecule has 0 heterocycles. The van der Waals surface area contributed by atoms with Gasteiger partial charge in [-0.05, 0) is 117 Å². The summed E-state index contributed by atoms with van der Waals surface area (Å²) in [6, 6.07) is 0. The second-order valence-electron chi connectivity index (χ2n) is 20.1. The summed E-state index contributed by atoms with van der Waals surface area (Å²) in [5.41, 5.74) is 7.85. The molecule has 8 nitrogen and oxygen atoms in total. The van der Waals surface area contributed by atoms with Crippen LogP contribution in [-0.4, -0.2) is 61.6 Å². The third kappa shape index (κ3) is 14.0. The minimum Gasteiger partial charge on any atom is -0.446 e. The largest absolute Gasteiger partial charge is 0.446 e. The predicted octanol–water partition coefficient (Wildman–Crippen LogP) is 11.1. The molecule has 8 atom stereocenters. The Morgan fingerprint density at radius 1 is 0.825 bits per heavy atom. The van der Waals surface area contributed by atoms with Crippen molar-refractivity contribution in [3.05, 3.63) is 11.6 Å². The molecule has 0 aromatic carbocycles. The number of amides is 3. The number of rotatable bonds is 26. The summed E-state index contributed by atoms with van der Waals surface area (Å²) in [5.74, 6) is 4.76. The maximum absolute atomic E-state index is 13.2. The zero-order valence-corrected chi connectivity index (χ0v) is 37.8. The highest BCUT2D eigenvalue weighted by atomic mass is 16.6. The first-order valence-electron chi connectivity index (χ1n) is 24.3. The number of carbonyl (C=O) groups excluding carboxylic acids is 3. The summed E-state index contributed by atoms with van der Waals surface area (Å²) in [6.45, 7) is 16.6. The van der Waals surface area contributed by atoms with Gasteiger partial charge in [-0.15, -0.1) is 0 Å². The summed E-state index contributed by atoms with van der Waals surface area (Å²) in [4.78, 5) is 40.6. The number of fused-ring (bicyclic) bond motifs is 5. The Balaban J connectivity index is 1.20. The number of unbranched alkanes of at least 4 members (excludes halogenated alkanes) is 9. The molecule has 0 saturated heterocycles. The molecule has 0 aliphatic heterocycles. The van der Waals surface area contributed by atoms with Crippen LogP contribution in [0.5, 0.6) is 0 Å². The maximum atomic E-state index is 13.2. The van der Waals surface area contributed by atoms with Crippen LogP contribution in [0.3, 0.4) is 0 Å². The number of allylic oxidation sites excluding steroid dienone is 1. The van der Waals surface area contributed by atoms with Crippen molar-refractivity contribution in [2.45, 2.75) is 202 Å². The average molecular weight is 797 g/mol.